The quantitative estimate of drug-likeness (QED) is 0.138. The van der Waals surface area contributed by atoms with Crippen LogP contribution in [0.4, 0.5) is 24.5 Å². The summed E-state index contributed by atoms with van der Waals surface area (Å²) in [5.74, 6) is -4.09. The summed E-state index contributed by atoms with van der Waals surface area (Å²) in [5.41, 5.74) is 3.22. The number of carboxylic acids is 1. The lowest BCUT2D eigenvalue weighted by molar-refractivity contribution is -0.167. The average Bonchev–Trinajstić information content (AvgIpc) is 3.07. The van der Waals surface area contributed by atoms with Crippen molar-refractivity contribution in [2.75, 3.05) is 17.7 Å². The van der Waals surface area contributed by atoms with Crippen LogP contribution in [-0.4, -0.2) is 46.2 Å². The van der Waals surface area contributed by atoms with E-state index in [4.69, 9.17) is 23.2 Å². The van der Waals surface area contributed by atoms with Crippen LogP contribution in [0.15, 0.2) is 103 Å². The summed E-state index contributed by atoms with van der Waals surface area (Å²) in [6.07, 6.45) is -2.00. The number of methoxy groups -OCH3 is 1. The number of carbonyl (C=O) groups is 3. The third-order valence-electron chi connectivity index (χ3n) is 6.57. The molecule has 0 bridgehead atoms. The molecule has 48 heavy (non-hydrogen) atoms. The first-order chi connectivity index (χ1) is 22.9. The molecule has 0 aliphatic rings. The molecule has 0 spiro atoms. The number of ether oxygens (including phenoxy) is 1. The van der Waals surface area contributed by atoms with Gasteiger partial charge in [-0.3, -0.25) is 14.8 Å². The molecular formula is C34H25Cl2F3N4O5. The normalized spacial score (nSPS) is 10.7. The highest BCUT2D eigenvalue weighted by molar-refractivity contribution is 6.33. The van der Waals surface area contributed by atoms with E-state index in [0.29, 0.717) is 28.5 Å². The molecule has 0 radical (unpaired) electrons. The predicted octanol–water partition coefficient (Wildman–Crippen LogP) is 8.40. The number of pyridine rings is 2. The zero-order valence-electron chi connectivity index (χ0n) is 24.9. The summed E-state index contributed by atoms with van der Waals surface area (Å²) in [4.78, 5) is 42.6. The van der Waals surface area contributed by atoms with Crippen molar-refractivity contribution in [2.24, 2.45) is 0 Å². The number of halogens is 5. The largest absolute Gasteiger partial charge is 0.478 e. The Balaban J connectivity index is 0.000000217. The number of nitrogens with one attached hydrogen (secondary N) is 2. The molecule has 1 amide bonds. The zero-order chi connectivity index (χ0) is 34.8. The SMILES string of the molecule is COC(=O)c1ccc(-c2ncccc2Cl)cc1NC(=O)C(F)(F)F.O=C(O)c1ccc(-c2ncccc2Cl)cc1NCc1ccccc1. The van der Waals surface area contributed by atoms with Crippen LogP contribution in [0.25, 0.3) is 22.5 Å². The molecule has 0 aliphatic carbocycles. The highest BCUT2D eigenvalue weighted by Gasteiger charge is 2.39. The maximum Gasteiger partial charge on any atom is 0.471 e. The van der Waals surface area contributed by atoms with Crippen molar-refractivity contribution in [1.29, 1.82) is 0 Å². The fourth-order valence-corrected chi connectivity index (χ4v) is 4.75. The lowest BCUT2D eigenvalue weighted by Gasteiger charge is -2.13. The molecule has 3 N–H and O–H groups in total. The van der Waals surface area contributed by atoms with Crippen LogP contribution >= 0.6 is 23.2 Å². The second-order valence-electron chi connectivity index (χ2n) is 9.78. The number of alkyl halides is 3. The van der Waals surface area contributed by atoms with E-state index in [9.17, 15) is 32.7 Å². The first kappa shape index (κ1) is 35.4. The number of nitrogens with zero attached hydrogens (tertiary/aromatic N) is 2. The monoisotopic (exact) mass is 696 g/mol. The standard InChI is InChI=1S/C19H15ClN2O2.C15H10ClF3N2O3/c20-16-7-4-10-21-18(16)14-8-9-15(19(23)24)17(11-14)22-12-13-5-2-1-3-6-13;1-24-13(22)9-5-4-8(12-10(16)3-2-6-20-12)7-11(9)21-14(23)15(17,18)19/h1-11,22H,12H2,(H,23,24);2-7H,1H3,(H,21,23). The van der Waals surface area contributed by atoms with Gasteiger partial charge in [-0.15, -0.1) is 0 Å². The van der Waals surface area contributed by atoms with E-state index >= 15 is 0 Å². The van der Waals surface area contributed by atoms with Gasteiger partial charge in [0.15, 0.2) is 0 Å². The Hall–Kier alpha value is -5.46. The number of rotatable bonds is 8. The summed E-state index contributed by atoms with van der Waals surface area (Å²) in [6, 6.07) is 25.3. The molecule has 5 rings (SSSR count). The number of amides is 1. The molecule has 0 saturated heterocycles. The maximum absolute atomic E-state index is 12.5. The molecule has 9 nitrogen and oxygen atoms in total. The van der Waals surface area contributed by atoms with Crippen LogP contribution in [0.3, 0.4) is 0 Å². The van der Waals surface area contributed by atoms with E-state index in [1.54, 1.807) is 54.0 Å². The molecule has 0 fully saturated rings. The molecule has 3 aromatic carbocycles. The van der Waals surface area contributed by atoms with Crippen molar-refractivity contribution < 1.29 is 37.4 Å². The summed E-state index contributed by atoms with van der Waals surface area (Å²) < 4.78 is 41.9. The van der Waals surface area contributed by atoms with Crippen LogP contribution < -0.4 is 10.6 Å². The fraction of sp³-hybridized carbons (Fsp3) is 0.0882. The van der Waals surface area contributed by atoms with Crippen molar-refractivity contribution in [1.82, 2.24) is 9.97 Å². The van der Waals surface area contributed by atoms with Gasteiger partial charge in [0, 0.05) is 35.8 Å². The first-order valence-corrected chi connectivity index (χ1v) is 14.6. The summed E-state index contributed by atoms with van der Waals surface area (Å²) in [7, 11) is 1.07. The minimum absolute atomic E-state index is 0.210. The second-order valence-corrected chi connectivity index (χ2v) is 10.6. The van der Waals surface area contributed by atoms with Gasteiger partial charge in [-0.1, -0.05) is 65.7 Å². The van der Waals surface area contributed by atoms with Crippen molar-refractivity contribution in [3.63, 3.8) is 0 Å². The Morgan fingerprint density at radius 1 is 0.771 bits per heavy atom. The Labute approximate surface area is 282 Å². The Morgan fingerprint density at radius 2 is 1.31 bits per heavy atom. The van der Waals surface area contributed by atoms with Gasteiger partial charge in [0.2, 0.25) is 0 Å². The van der Waals surface area contributed by atoms with Crippen LogP contribution in [0.2, 0.25) is 10.0 Å². The second kappa shape index (κ2) is 15.9. The number of hydrogen-bond donors (Lipinski definition) is 3. The van der Waals surface area contributed by atoms with Crippen LogP contribution in [0.5, 0.6) is 0 Å². The number of aromatic carboxylic acids is 1. The molecule has 0 aliphatic heterocycles. The van der Waals surface area contributed by atoms with Gasteiger partial charge in [0.25, 0.3) is 0 Å². The minimum Gasteiger partial charge on any atom is -0.478 e. The number of anilines is 2. The van der Waals surface area contributed by atoms with Gasteiger partial charge >= 0.3 is 24.0 Å². The zero-order valence-corrected chi connectivity index (χ0v) is 26.4. The smallest absolute Gasteiger partial charge is 0.471 e. The van der Waals surface area contributed by atoms with E-state index in [0.717, 1.165) is 18.2 Å². The molecule has 2 heterocycles. The average molecular weight is 697 g/mol. The number of aromatic nitrogens is 2. The highest BCUT2D eigenvalue weighted by atomic mass is 35.5. The Morgan fingerprint density at radius 3 is 1.81 bits per heavy atom. The molecule has 14 heteroatoms. The Bertz CT molecular complexity index is 1940. The van der Waals surface area contributed by atoms with E-state index in [2.05, 4.69) is 20.0 Å². The number of esters is 1. The van der Waals surface area contributed by atoms with Crippen molar-refractivity contribution in [3.8, 4) is 22.5 Å². The molecule has 246 valence electrons. The third kappa shape index (κ3) is 9.08. The molecule has 5 aromatic rings. The van der Waals surface area contributed by atoms with Crippen LogP contribution in [0.1, 0.15) is 26.3 Å². The number of benzene rings is 3. The van der Waals surface area contributed by atoms with Gasteiger partial charge in [-0.25, -0.2) is 9.59 Å². The highest BCUT2D eigenvalue weighted by Crippen LogP contribution is 2.31. The molecule has 0 unspecified atom stereocenters. The summed E-state index contributed by atoms with van der Waals surface area (Å²) in [5, 5.41) is 15.0. The maximum atomic E-state index is 12.5. The summed E-state index contributed by atoms with van der Waals surface area (Å²) >= 11 is 12.2. The van der Waals surface area contributed by atoms with Crippen molar-refractivity contribution in [2.45, 2.75) is 12.7 Å². The molecule has 0 atom stereocenters. The molecule has 0 saturated carbocycles. The topological polar surface area (TPSA) is 131 Å². The number of carbonyl (C=O) groups excluding carboxylic acids is 2. The van der Waals surface area contributed by atoms with Gasteiger partial charge in [-0.05, 0) is 54.1 Å². The Kier molecular flexibility index (Phi) is 11.7. The third-order valence-corrected chi connectivity index (χ3v) is 7.18. The summed E-state index contributed by atoms with van der Waals surface area (Å²) in [6.45, 7) is 0.528. The van der Waals surface area contributed by atoms with Gasteiger partial charge in [0.05, 0.1) is 45.4 Å². The molecule has 2 aromatic heterocycles. The van der Waals surface area contributed by atoms with Crippen LogP contribution in [-0.2, 0) is 16.1 Å². The lowest BCUT2D eigenvalue weighted by Crippen LogP contribution is -2.30. The number of hydrogen-bond acceptors (Lipinski definition) is 7. The van der Waals surface area contributed by atoms with Crippen molar-refractivity contribution >= 4 is 52.4 Å². The van der Waals surface area contributed by atoms with Crippen LogP contribution in [0, 0.1) is 0 Å². The number of carboxylic acid groups (broad SMARTS) is 1. The van der Waals surface area contributed by atoms with E-state index in [1.165, 1.54) is 24.4 Å². The lowest BCUT2D eigenvalue weighted by atomic mass is 10.1. The van der Waals surface area contributed by atoms with Gasteiger partial charge < -0.3 is 20.5 Å². The van der Waals surface area contributed by atoms with E-state index < -0.39 is 24.0 Å². The fourth-order valence-electron chi connectivity index (χ4n) is 4.29. The first-order valence-electron chi connectivity index (χ1n) is 13.9. The van der Waals surface area contributed by atoms with Crippen molar-refractivity contribution in [3.05, 3.63) is 130 Å². The van der Waals surface area contributed by atoms with Gasteiger partial charge in [0.1, 0.15) is 0 Å². The van der Waals surface area contributed by atoms with E-state index in [1.807, 2.05) is 30.3 Å². The predicted molar refractivity (Wildman–Crippen MR) is 176 cm³/mol. The minimum atomic E-state index is -5.11. The van der Waals surface area contributed by atoms with E-state index in [-0.39, 0.29) is 27.5 Å². The molecular weight excluding hydrogens is 672 g/mol. The van der Waals surface area contributed by atoms with Gasteiger partial charge in [-0.2, -0.15) is 13.2 Å².